The van der Waals surface area contributed by atoms with Gasteiger partial charge in [0.05, 0.1) is 5.69 Å². The first-order valence-corrected chi connectivity index (χ1v) is 8.45. The molecule has 0 aliphatic carbocycles. The summed E-state index contributed by atoms with van der Waals surface area (Å²) in [5, 5.41) is 2.85. The van der Waals surface area contributed by atoms with Crippen molar-refractivity contribution in [1.82, 2.24) is 0 Å². The molecule has 1 heterocycles. The van der Waals surface area contributed by atoms with Crippen molar-refractivity contribution in [2.45, 2.75) is 20.0 Å². The Bertz CT molecular complexity index is 763. The molecule has 126 valence electrons. The summed E-state index contributed by atoms with van der Waals surface area (Å²) in [5.41, 5.74) is 1.69. The Morgan fingerprint density at radius 2 is 1.92 bits per heavy atom. The lowest BCUT2D eigenvalue weighted by Gasteiger charge is -2.21. The first kappa shape index (κ1) is 16.6. The van der Waals surface area contributed by atoms with Crippen molar-refractivity contribution in [3.8, 4) is 17.2 Å². The number of hydrogen-bond acceptors (Lipinski definition) is 4. The summed E-state index contributed by atoms with van der Waals surface area (Å²) in [6.45, 7) is 4.70. The number of carbonyl (C=O) groups is 1. The maximum Gasteiger partial charge on any atom is 0.265 e. The Labute approximate surface area is 149 Å². The van der Waals surface area contributed by atoms with Crippen LogP contribution in [0.3, 0.4) is 0 Å². The zero-order valence-corrected chi connectivity index (χ0v) is 15.1. The van der Waals surface area contributed by atoms with Gasteiger partial charge >= 0.3 is 0 Å². The van der Waals surface area contributed by atoms with Crippen LogP contribution in [0, 0.1) is 6.92 Å². The van der Waals surface area contributed by atoms with Crippen molar-refractivity contribution in [3.63, 3.8) is 0 Å². The summed E-state index contributed by atoms with van der Waals surface area (Å²) in [6, 6.07) is 11.1. The number of amides is 1. The van der Waals surface area contributed by atoms with Gasteiger partial charge in [0.15, 0.2) is 17.6 Å². The first-order valence-electron chi connectivity index (χ1n) is 7.66. The Kier molecular flexibility index (Phi) is 4.94. The second-order valence-corrected chi connectivity index (χ2v) is 6.40. The number of fused-ring (bicyclic) bond motifs is 1. The molecule has 6 heteroatoms. The van der Waals surface area contributed by atoms with Crippen molar-refractivity contribution in [2.24, 2.45) is 0 Å². The fourth-order valence-electron chi connectivity index (χ4n) is 2.34. The number of ether oxygens (including phenoxy) is 3. The molecule has 3 rings (SSSR count). The summed E-state index contributed by atoms with van der Waals surface area (Å²) in [6.07, 6.45) is -0.632. The Balaban J connectivity index is 1.70. The SMILES string of the molecule is Cc1cccc(OC(C)C(=O)Nc2cc3c(cc2Br)OCCO3)c1. The third-order valence-corrected chi connectivity index (χ3v) is 4.22. The van der Waals surface area contributed by atoms with Crippen molar-refractivity contribution in [2.75, 3.05) is 18.5 Å². The van der Waals surface area contributed by atoms with E-state index in [0.29, 0.717) is 36.1 Å². The largest absolute Gasteiger partial charge is 0.486 e. The molecular formula is C18H18BrNO4. The average molecular weight is 392 g/mol. The number of hydrogen-bond donors (Lipinski definition) is 1. The van der Waals surface area contributed by atoms with Crippen LogP contribution in [0.5, 0.6) is 17.2 Å². The van der Waals surface area contributed by atoms with Crippen LogP contribution in [0.2, 0.25) is 0 Å². The average Bonchev–Trinajstić information content (AvgIpc) is 2.55. The Morgan fingerprint density at radius 3 is 2.62 bits per heavy atom. The lowest BCUT2D eigenvalue weighted by Crippen LogP contribution is -2.30. The molecule has 0 bridgehead atoms. The van der Waals surface area contributed by atoms with E-state index in [1.54, 1.807) is 19.1 Å². The van der Waals surface area contributed by atoms with Gasteiger partial charge in [0.1, 0.15) is 19.0 Å². The zero-order chi connectivity index (χ0) is 17.1. The standard InChI is InChI=1S/C18H18BrNO4/c1-11-4-3-5-13(8-11)24-12(2)18(21)20-15-10-17-16(9-14(15)19)22-6-7-23-17/h3-5,8-10,12H,6-7H2,1-2H3,(H,20,21). The molecule has 0 fully saturated rings. The van der Waals surface area contributed by atoms with Crippen LogP contribution >= 0.6 is 15.9 Å². The van der Waals surface area contributed by atoms with Crippen LogP contribution in [0.1, 0.15) is 12.5 Å². The molecule has 1 aliphatic heterocycles. The van der Waals surface area contributed by atoms with Gasteiger partial charge in [-0.1, -0.05) is 12.1 Å². The topological polar surface area (TPSA) is 56.8 Å². The molecule has 1 atom stereocenters. The second kappa shape index (κ2) is 7.13. The fraction of sp³-hybridized carbons (Fsp3) is 0.278. The number of aryl methyl sites for hydroxylation is 1. The van der Waals surface area contributed by atoms with E-state index in [2.05, 4.69) is 21.2 Å². The highest BCUT2D eigenvalue weighted by Gasteiger charge is 2.19. The summed E-state index contributed by atoms with van der Waals surface area (Å²) in [7, 11) is 0. The highest BCUT2D eigenvalue weighted by molar-refractivity contribution is 9.10. The molecule has 2 aromatic rings. The summed E-state index contributed by atoms with van der Waals surface area (Å²) in [5.74, 6) is 1.70. The lowest BCUT2D eigenvalue weighted by molar-refractivity contribution is -0.122. The van der Waals surface area contributed by atoms with Crippen molar-refractivity contribution in [3.05, 3.63) is 46.4 Å². The molecule has 1 amide bonds. The molecule has 0 saturated carbocycles. The second-order valence-electron chi connectivity index (χ2n) is 5.54. The van der Waals surface area contributed by atoms with E-state index >= 15 is 0 Å². The summed E-state index contributed by atoms with van der Waals surface area (Å²) < 4.78 is 17.5. The van der Waals surface area contributed by atoms with E-state index in [9.17, 15) is 4.79 Å². The van der Waals surface area contributed by atoms with Crippen LogP contribution in [-0.4, -0.2) is 25.2 Å². The molecule has 24 heavy (non-hydrogen) atoms. The molecule has 1 aliphatic rings. The summed E-state index contributed by atoms with van der Waals surface area (Å²) in [4.78, 5) is 12.4. The number of rotatable bonds is 4. The third-order valence-electron chi connectivity index (χ3n) is 3.56. The van der Waals surface area contributed by atoms with Gasteiger partial charge in [0.2, 0.25) is 0 Å². The van der Waals surface area contributed by atoms with Gasteiger partial charge in [-0.15, -0.1) is 0 Å². The first-order chi connectivity index (χ1) is 11.5. The number of benzene rings is 2. The number of anilines is 1. The minimum atomic E-state index is -0.632. The number of carbonyl (C=O) groups excluding carboxylic acids is 1. The van der Waals surface area contributed by atoms with E-state index in [1.165, 1.54) is 0 Å². The van der Waals surface area contributed by atoms with Gasteiger partial charge in [0, 0.05) is 16.6 Å². The Hall–Kier alpha value is -2.21. The molecule has 0 radical (unpaired) electrons. The van der Waals surface area contributed by atoms with E-state index in [0.717, 1.165) is 10.0 Å². The van der Waals surface area contributed by atoms with Gasteiger partial charge in [0.25, 0.3) is 5.91 Å². The van der Waals surface area contributed by atoms with Crippen molar-refractivity contribution < 1.29 is 19.0 Å². The van der Waals surface area contributed by atoms with Crippen LogP contribution in [0.25, 0.3) is 0 Å². The molecule has 0 aromatic heterocycles. The molecule has 1 N–H and O–H groups in total. The van der Waals surface area contributed by atoms with E-state index in [4.69, 9.17) is 14.2 Å². The molecule has 1 unspecified atom stereocenters. The Morgan fingerprint density at radius 1 is 1.21 bits per heavy atom. The zero-order valence-electron chi connectivity index (χ0n) is 13.5. The smallest absolute Gasteiger partial charge is 0.265 e. The maximum absolute atomic E-state index is 12.4. The quantitative estimate of drug-likeness (QED) is 0.857. The van der Waals surface area contributed by atoms with Crippen molar-refractivity contribution >= 4 is 27.5 Å². The number of halogens is 1. The van der Waals surface area contributed by atoms with Gasteiger partial charge in [-0.05, 0) is 47.5 Å². The minimum Gasteiger partial charge on any atom is -0.486 e. The van der Waals surface area contributed by atoms with Crippen LogP contribution in [0.15, 0.2) is 40.9 Å². The van der Waals surface area contributed by atoms with Crippen molar-refractivity contribution in [1.29, 1.82) is 0 Å². The van der Waals surface area contributed by atoms with E-state index in [1.807, 2.05) is 31.2 Å². The van der Waals surface area contributed by atoms with Crippen LogP contribution in [-0.2, 0) is 4.79 Å². The molecule has 2 aromatic carbocycles. The third kappa shape index (κ3) is 3.82. The van der Waals surface area contributed by atoms with Gasteiger partial charge in [-0.2, -0.15) is 0 Å². The predicted molar refractivity (Wildman–Crippen MR) is 95.0 cm³/mol. The molecule has 5 nitrogen and oxygen atoms in total. The highest BCUT2D eigenvalue weighted by atomic mass is 79.9. The van der Waals surface area contributed by atoms with Crippen LogP contribution < -0.4 is 19.5 Å². The maximum atomic E-state index is 12.4. The molecular weight excluding hydrogens is 374 g/mol. The van der Waals surface area contributed by atoms with E-state index in [-0.39, 0.29) is 5.91 Å². The fourth-order valence-corrected chi connectivity index (χ4v) is 2.76. The molecule has 0 saturated heterocycles. The molecule has 0 spiro atoms. The van der Waals surface area contributed by atoms with Gasteiger partial charge in [-0.25, -0.2) is 0 Å². The monoisotopic (exact) mass is 391 g/mol. The van der Waals surface area contributed by atoms with Crippen LogP contribution in [0.4, 0.5) is 5.69 Å². The highest BCUT2D eigenvalue weighted by Crippen LogP contribution is 2.38. The van der Waals surface area contributed by atoms with Gasteiger partial charge in [-0.3, -0.25) is 4.79 Å². The van der Waals surface area contributed by atoms with Gasteiger partial charge < -0.3 is 19.5 Å². The lowest BCUT2D eigenvalue weighted by atomic mass is 10.2. The van der Waals surface area contributed by atoms with E-state index < -0.39 is 6.10 Å². The number of nitrogens with one attached hydrogen (secondary N) is 1. The predicted octanol–water partition coefficient (Wildman–Crippen LogP) is 3.93. The normalized spacial score (nSPS) is 14.0. The summed E-state index contributed by atoms with van der Waals surface area (Å²) >= 11 is 3.44. The minimum absolute atomic E-state index is 0.242.